The van der Waals surface area contributed by atoms with Crippen LogP contribution < -0.4 is 9.64 Å². The first-order chi connectivity index (χ1) is 12.1. The van der Waals surface area contributed by atoms with E-state index in [1.807, 2.05) is 66.9 Å². The lowest BCUT2D eigenvalue weighted by molar-refractivity contribution is 0.209. The highest BCUT2D eigenvalue weighted by molar-refractivity contribution is 5.88. The fraction of sp³-hybridized carbons (Fsp3) is 0.143. The van der Waals surface area contributed by atoms with Crippen molar-refractivity contribution in [2.45, 2.75) is 13.3 Å². The summed E-state index contributed by atoms with van der Waals surface area (Å²) in [7, 11) is 1.69. The molecule has 126 valence electrons. The molecule has 1 amide bonds. The summed E-state index contributed by atoms with van der Waals surface area (Å²) in [6, 6.07) is 21.0. The van der Waals surface area contributed by atoms with Crippen molar-refractivity contribution in [3.63, 3.8) is 0 Å². The Kier molecular flexibility index (Phi) is 5.09. The van der Waals surface area contributed by atoms with E-state index in [1.54, 1.807) is 7.05 Å². The van der Waals surface area contributed by atoms with Crippen LogP contribution in [0.2, 0.25) is 0 Å². The first-order valence-electron chi connectivity index (χ1n) is 8.13. The number of aromatic nitrogens is 1. The third-order valence-corrected chi connectivity index (χ3v) is 3.90. The van der Waals surface area contributed by atoms with E-state index in [1.165, 1.54) is 10.5 Å². The van der Waals surface area contributed by atoms with Crippen LogP contribution in [0.5, 0.6) is 5.75 Å². The molecule has 0 fully saturated rings. The minimum atomic E-state index is -0.417. The van der Waals surface area contributed by atoms with Crippen LogP contribution in [0.4, 0.5) is 10.5 Å². The smallest absolute Gasteiger partial charge is 0.410 e. The number of para-hydroxylation sites is 1. The molecule has 0 spiro atoms. The number of anilines is 1. The lowest BCUT2D eigenvalue weighted by Crippen LogP contribution is -2.29. The Hall–Kier alpha value is -3.14. The highest BCUT2D eigenvalue weighted by Gasteiger charge is 2.12. The van der Waals surface area contributed by atoms with Gasteiger partial charge in [-0.25, -0.2) is 4.79 Å². The Balaban J connectivity index is 1.63. The second-order valence-corrected chi connectivity index (χ2v) is 5.91. The molecule has 0 radical (unpaired) electrons. The fourth-order valence-corrected chi connectivity index (χ4v) is 2.51. The van der Waals surface area contributed by atoms with Crippen LogP contribution in [0.15, 0.2) is 72.9 Å². The Labute approximate surface area is 147 Å². The van der Waals surface area contributed by atoms with Crippen LogP contribution in [0.3, 0.4) is 0 Å². The summed E-state index contributed by atoms with van der Waals surface area (Å²) in [5.74, 6) is 0.522. The van der Waals surface area contributed by atoms with Crippen LogP contribution in [-0.4, -0.2) is 18.1 Å². The molecule has 0 aliphatic heterocycles. The van der Waals surface area contributed by atoms with Gasteiger partial charge in [0.15, 0.2) is 0 Å². The van der Waals surface area contributed by atoms with Gasteiger partial charge in [-0.1, -0.05) is 30.3 Å². The summed E-state index contributed by atoms with van der Waals surface area (Å²) in [6.45, 7) is 2.05. The molecule has 25 heavy (non-hydrogen) atoms. The summed E-state index contributed by atoms with van der Waals surface area (Å²) in [6.07, 6.45) is 2.15. The van der Waals surface area contributed by atoms with Crippen molar-refractivity contribution >= 4 is 11.8 Å². The molecule has 0 N–H and O–H groups in total. The molecule has 0 bridgehead atoms. The maximum Gasteiger partial charge on any atom is 0.419 e. The number of pyridine rings is 1. The summed E-state index contributed by atoms with van der Waals surface area (Å²) < 4.78 is 5.43. The Morgan fingerprint density at radius 1 is 1.04 bits per heavy atom. The van der Waals surface area contributed by atoms with Crippen LogP contribution in [0.1, 0.15) is 16.8 Å². The summed E-state index contributed by atoms with van der Waals surface area (Å²) in [4.78, 5) is 18.1. The van der Waals surface area contributed by atoms with Crippen molar-refractivity contribution in [1.82, 2.24) is 4.98 Å². The van der Waals surface area contributed by atoms with Gasteiger partial charge in [0.25, 0.3) is 0 Å². The summed E-state index contributed by atoms with van der Waals surface area (Å²) >= 11 is 0. The molecule has 0 unspecified atom stereocenters. The number of hydrogen-bond donors (Lipinski definition) is 0. The van der Waals surface area contributed by atoms with E-state index in [4.69, 9.17) is 4.74 Å². The predicted octanol–water partition coefficient (Wildman–Crippen LogP) is 4.62. The lowest BCUT2D eigenvalue weighted by Gasteiger charge is -2.16. The topological polar surface area (TPSA) is 42.4 Å². The van der Waals surface area contributed by atoms with Crippen molar-refractivity contribution in [2.75, 3.05) is 11.9 Å². The second-order valence-electron chi connectivity index (χ2n) is 5.91. The number of carbonyl (C=O) groups is 1. The maximum atomic E-state index is 12.2. The standard InChI is InChI=1S/C21H20N2O2/c1-16-12-13-22-18(14-16)15-17-8-10-20(11-9-17)25-21(24)23(2)19-6-4-3-5-7-19/h3-14H,15H2,1-2H3. The third kappa shape index (κ3) is 4.44. The van der Waals surface area contributed by atoms with Crippen molar-refractivity contribution in [2.24, 2.45) is 0 Å². The quantitative estimate of drug-likeness (QED) is 0.700. The molecule has 1 aromatic heterocycles. The zero-order valence-electron chi connectivity index (χ0n) is 14.3. The number of rotatable bonds is 4. The van der Waals surface area contributed by atoms with Gasteiger partial charge in [-0.3, -0.25) is 9.88 Å². The molecule has 4 nitrogen and oxygen atoms in total. The molecular weight excluding hydrogens is 312 g/mol. The molecule has 1 heterocycles. The van der Waals surface area contributed by atoms with Gasteiger partial charge in [-0.15, -0.1) is 0 Å². The number of aryl methyl sites for hydroxylation is 1. The van der Waals surface area contributed by atoms with E-state index in [0.717, 1.165) is 23.4 Å². The highest BCUT2D eigenvalue weighted by Crippen LogP contribution is 2.18. The van der Waals surface area contributed by atoms with Gasteiger partial charge in [0, 0.05) is 31.0 Å². The summed E-state index contributed by atoms with van der Waals surface area (Å²) in [5.41, 5.74) is 4.12. The Morgan fingerprint density at radius 3 is 2.44 bits per heavy atom. The average Bonchev–Trinajstić information content (AvgIpc) is 2.63. The molecule has 2 aromatic carbocycles. The van der Waals surface area contributed by atoms with Crippen LogP contribution in [0, 0.1) is 6.92 Å². The van der Waals surface area contributed by atoms with Crippen LogP contribution in [0.25, 0.3) is 0 Å². The molecule has 4 heteroatoms. The molecule has 0 saturated heterocycles. The van der Waals surface area contributed by atoms with E-state index in [-0.39, 0.29) is 0 Å². The number of benzene rings is 2. The van der Waals surface area contributed by atoms with Gasteiger partial charge >= 0.3 is 6.09 Å². The van der Waals surface area contributed by atoms with E-state index in [9.17, 15) is 4.79 Å². The monoisotopic (exact) mass is 332 g/mol. The lowest BCUT2D eigenvalue weighted by atomic mass is 10.1. The number of ether oxygens (including phenoxy) is 1. The molecule has 3 aromatic rings. The third-order valence-electron chi connectivity index (χ3n) is 3.90. The van der Waals surface area contributed by atoms with E-state index < -0.39 is 6.09 Å². The maximum absolute atomic E-state index is 12.2. The number of amides is 1. The zero-order chi connectivity index (χ0) is 17.6. The number of carbonyl (C=O) groups excluding carboxylic acids is 1. The molecule has 0 atom stereocenters. The molecule has 0 aliphatic rings. The first-order valence-corrected chi connectivity index (χ1v) is 8.13. The largest absolute Gasteiger partial charge is 0.419 e. The van der Waals surface area contributed by atoms with E-state index in [2.05, 4.69) is 18.0 Å². The normalized spacial score (nSPS) is 10.3. The van der Waals surface area contributed by atoms with Gasteiger partial charge in [0.05, 0.1) is 0 Å². The molecule has 3 rings (SSSR count). The molecule has 0 saturated carbocycles. The Morgan fingerprint density at radius 2 is 1.76 bits per heavy atom. The van der Waals surface area contributed by atoms with Crippen molar-refractivity contribution < 1.29 is 9.53 Å². The molecular formula is C21H20N2O2. The van der Waals surface area contributed by atoms with Gasteiger partial charge in [0.1, 0.15) is 5.75 Å². The van der Waals surface area contributed by atoms with Gasteiger partial charge in [-0.05, 0) is 54.4 Å². The van der Waals surface area contributed by atoms with Crippen molar-refractivity contribution in [3.8, 4) is 5.75 Å². The van der Waals surface area contributed by atoms with Crippen LogP contribution in [-0.2, 0) is 6.42 Å². The number of nitrogens with zero attached hydrogens (tertiary/aromatic N) is 2. The van der Waals surface area contributed by atoms with Crippen molar-refractivity contribution in [3.05, 3.63) is 89.7 Å². The first kappa shape index (κ1) is 16.7. The second kappa shape index (κ2) is 7.62. The summed E-state index contributed by atoms with van der Waals surface area (Å²) in [5, 5.41) is 0. The fourth-order valence-electron chi connectivity index (χ4n) is 2.51. The predicted molar refractivity (Wildman–Crippen MR) is 99.1 cm³/mol. The SMILES string of the molecule is Cc1ccnc(Cc2ccc(OC(=O)N(C)c3ccccc3)cc2)c1. The minimum Gasteiger partial charge on any atom is -0.410 e. The van der Waals surface area contributed by atoms with Gasteiger partial charge in [-0.2, -0.15) is 0 Å². The number of hydrogen-bond acceptors (Lipinski definition) is 3. The average molecular weight is 332 g/mol. The minimum absolute atomic E-state index is 0.417. The van der Waals surface area contributed by atoms with Crippen molar-refractivity contribution in [1.29, 1.82) is 0 Å². The Bertz CT molecular complexity index is 845. The van der Waals surface area contributed by atoms with Crippen LogP contribution >= 0.6 is 0 Å². The molecule has 0 aliphatic carbocycles. The zero-order valence-corrected chi connectivity index (χ0v) is 14.3. The highest BCUT2D eigenvalue weighted by atomic mass is 16.6. The van der Waals surface area contributed by atoms with Gasteiger partial charge in [0.2, 0.25) is 0 Å². The van der Waals surface area contributed by atoms with Gasteiger partial charge < -0.3 is 4.74 Å². The van der Waals surface area contributed by atoms with E-state index in [0.29, 0.717) is 5.75 Å². The van der Waals surface area contributed by atoms with E-state index >= 15 is 0 Å².